The number of esters is 2. The van der Waals surface area contributed by atoms with Crippen molar-refractivity contribution in [2.24, 2.45) is 5.41 Å². The summed E-state index contributed by atoms with van der Waals surface area (Å²) in [6, 6.07) is 24.3. The average molecular weight is 501 g/mol. The zero-order chi connectivity index (χ0) is 26.8. The molecule has 3 rings (SSSR count). The van der Waals surface area contributed by atoms with Gasteiger partial charge in [0.05, 0.1) is 12.5 Å². The predicted molar refractivity (Wildman–Crippen MR) is 146 cm³/mol. The van der Waals surface area contributed by atoms with Gasteiger partial charge in [-0.1, -0.05) is 68.4 Å². The minimum absolute atomic E-state index is 0.0654. The Kier molecular flexibility index (Phi) is 9.67. The van der Waals surface area contributed by atoms with Gasteiger partial charge in [-0.2, -0.15) is 0 Å². The van der Waals surface area contributed by atoms with Gasteiger partial charge in [0, 0.05) is 6.08 Å². The van der Waals surface area contributed by atoms with Gasteiger partial charge in [0.2, 0.25) is 0 Å². The molecule has 3 aromatic rings. The van der Waals surface area contributed by atoms with Crippen molar-refractivity contribution in [1.82, 2.24) is 0 Å². The van der Waals surface area contributed by atoms with Crippen molar-refractivity contribution in [1.29, 1.82) is 0 Å². The van der Waals surface area contributed by atoms with Gasteiger partial charge in [-0.05, 0) is 85.1 Å². The fraction of sp³-hybridized carbons (Fsp3) is 0.312. The summed E-state index contributed by atoms with van der Waals surface area (Å²) in [6.07, 6.45) is 5.21. The number of rotatable bonds is 11. The Morgan fingerprint density at radius 3 is 2.16 bits per heavy atom. The van der Waals surface area contributed by atoms with Gasteiger partial charge in [-0.15, -0.1) is 0 Å². The monoisotopic (exact) mass is 500 g/mol. The number of benzene rings is 3. The van der Waals surface area contributed by atoms with Crippen molar-refractivity contribution in [2.45, 2.75) is 51.9 Å². The largest absolute Gasteiger partial charge is 0.508 e. The van der Waals surface area contributed by atoms with Crippen LogP contribution in [0.25, 0.3) is 6.08 Å². The van der Waals surface area contributed by atoms with Gasteiger partial charge in [-0.3, -0.25) is 4.79 Å². The number of phenolic OH excluding ortho intramolecular Hbond substituents is 1. The third kappa shape index (κ3) is 7.81. The molecule has 0 aliphatic carbocycles. The average Bonchev–Trinajstić information content (AvgIpc) is 2.92. The lowest BCUT2D eigenvalue weighted by atomic mass is 9.73. The second-order valence-corrected chi connectivity index (χ2v) is 9.77. The van der Waals surface area contributed by atoms with E-state index in [1.54, 1.807) is 30.3 Å². The SMILES string of the molecule is CCC(C)(CC(CC(C)c1ccc(O)cc1)c1ccc(OC(=O)/C=C/c2ccccc2)cc1)C(=O)OC. The van der Waals surface area contributed by atoms with Gasteiger partial charge in [-0.25, -0.2) is 4.79 Å². The van der Waals surface area contributed by atoms with Crippen molar-refractivity contribution in [2.75, 3.05) is 7.11 Å². The first-order valence-corrected chi connectivity index (χ1v) is 12.7. The van der Waals surface area contributed by atoms with E-state index in [2.05, 4.69) is 6.92 Å². The van der Waals surface area contributed by atoms with Gasteiger partial charge < -0.3 is 14.6 Å². The van der Waals surface area contributed by atoms with E-state index in [1.807, 2.05) is 68.4 Å². The highest BCUT2D eigenvalue weighted by molar-refractivity contribution is 5.88. The Morgan fingerprint density at radius 1 is 0.946 bits per heavy atom. The minimum atomic E-state index is -0.624. The third-order valence-electron chi connectivity index (χ3n) is 7.04. The first-order chi connectivity index (χ1) is 17.7. The normalized spacial score (nSPS) is 14.5. The molecule has 0 fully saturated rings. The molecule has 0 amide bonds. The number of hydrogen-bond acceptors (Lipinski definition) is 5. The van der Waals surface area contributed by atoms with E-state index in [0.29, 0.717) is 18.6 Å². The summed E-state index contributed by atoms with van der Waals surface area (Å²) >= 11 is 0. The first kappa shape index (κ1) is 27.7. The maximum atomic E-state index is 12.7. The molecule has 0 heterocycles. The fourth-order valence-corrected chi connectivity index (χ4v) is 4.55. The zero-order valence-corrected chi connectivity index (χ0v) is 22.0. The van der Waals surface area contributed by atoms with Crippen LogP contribution in [-0.4, -0.2) is 24.2 Å². The molecule has 194 valence electrons. The van der Waals surface area contributed by atoms with Crippen LogP contribution >= 0.6 is 0 Å². The minimum Gasteiger partial charge on any atom is -0.508 e. The molecule has 37 heavy (non-hydrogen) atoms. The Hall–Kier alpha value is -3.86. The number of phenols is 1. The highest BCUT2D eigenvalue weighted by atomic mass is 16.5. The maximum absolute atomic E-state index is 12.7. The van der Waals surface area contributed by atoms with E-state index in [9.17, 15) is 14.7 Å². The van der Waals surface area contributed by atoms with Crippen molar-refractivity contribution < 1.29 is 24.2 Å². The van der Waals surface area contributed by atoms with Gasteiger partial charge in [0.1, 0.15) is 11.5 Å². The van der Waals surface area contributed by atoms with Crippen LogP contribution in [0.2, 0.25) is 0 Å². The lowest BCUT2D eigenvalue weighted by Gasteiger charge is -2.31. The summed E-state index contributed by atoms with van der Waals surface area (Å²) in [5, 5.41) is 9.66. The number of methoxy groups -OCH3 is 1. The summed E-state index contributed by atoms with van der Waals surface area (Å²) < 4.78 is 10.6. The molecule has 5 heteroatoms. The molecule has 0 aliphatic heterocycles. The Balaban J connectivity index is 1.78. The van der Waals surface area contributed by atoms with E-state index in [0.717, 1.165) is 23.1 Å². The molecule has 1 N–H and O–H groups in total. The number of ether oxygens (including phenoxy) is 2. The van der Waals surface area contributed by atoms with Crippen molar-refractivity contribution in [3.05, 3.63) is 102 Å². The fourth-order valence-electron chi connectivity index (χ4n) is 4.55. The quantitative estimate of drug-likeness (QED) is 0.170. The zero-order valence-electron chi connectivity index (χ0n) is 22.0. The van der Waals surface area contributed by atoms with Crippen LogP contribution in [0, 0.1) is 5.41 Å². The van der Waals surface area contributed by atoms with E-state index in [-0.39, 0.29) is 23.6 Å². The van der Waals surface area contributed by atoms with Gasteiger partial charge >= 0.3 is 11.9 Å². The molecule has 0 saturated heterocycles. The molecule has 0 bridgehead atoms. The van der Waals surface area contributed by atoms with Gasteiger partial charge in [0.15, 0.2) is 0 Å². The molecular formula is C32H36O5. The summed E-state index contributed by atoms with van der Waals surface area (Å²) in [7, 11) is 1.43. The first-order valence-electron chi connectivity index (χ1n) is 12.7. The molecule has 3 unspecified atom stereocenters. The maximum Gasteiger partial charge on any atom is 0.336 e. The van der Waals surface area contributed by atoms with Crippen molar-refractivity contribution in [3.63, 3.8) is 0 Å². The molecule has 0 spiro atoms. The van der Waals surface area contributed by atoms with Crippen LogP contribution in [0.1, 0.15) is 68.6 Å². The molecule has 3 aromatic carbocycles. The Bertz CT molecular complexity index is 1180. The smallest absolute Gasteiger partial charge is 0.336 e. The van der Waals surface area contributed by atoms with E-state index >= 15 is 0 Å². The molecule has 0 aliphatic rings. The number of aromatic hydroxyl groups is 1. The van der Waals surface area contributed by atoms with Crippen molar-refractivity contribution in [3.8, 4) is 11.5 Å². The van der Waals surface area contributed by atoms with E-state index in [4.69, 9.17) is 9.47 Å². The second kappa shape index (κ2) is 12.9. The van der Waals surface area contributed by atoms with Crippen LogP contribution in [-0.2, 0) is 14.3 Å². The van der Waals surface area contributed by atoms with Crippen LogP contribution in [0.5, 0.6) is 11.5 Å². The second-order valence-electron chi connectivity index (χ2n) is 9.77. The molecule has 5 nitrogen and oxygen atoms in total. The molecular weight excluding hydrogens is 464 g/mol. The number of hydrogen-bond donors (Lipinski definition) is 1. The lowest BCUT2D eigenvalue weighted by molar-refractivity contribution is -0.152. The number of carbonyl (C=O) groups is 2. The molecule has 3 atom stereocenters. The van der Waals surface area contributed by atoms with Crippen LogP contribution in [0.15, 0.2) is 84.9 Å². The summed E-state index contributed by atoms with van der Waals surface area (Å²) in [5.74, 6) is 0.301. The van der Waals surface area contributed by atoms with E-state index < -0.39 is 11.4 Å². The van der Waals surface area contributed by atoms with Crippen LogP contribution in [0.4, 0.5) is 0 Å². The molecule has 0 saturated carbocycles. The Labute approximate surface area is 219 Å². The lowest BCUT2D eigenvalue weighted by Crippen LogP contribution is -2.30. The summed E-state index contributed by atoms with van der Waals surface area (Å²) in [4.78, 5) is 24.9. The predicted octanol–water partition coefficient (Wildman–Crippen LogP) is 7.27. The highest BCUT2D eigenvalue weighted by Gasteiger charge is 2.36. The van der Waals surface area contributed by atoms with Crippen LogP contribution in [0.3, 0.4) is 0 Å². The summed E-state index contributed by atoms with van der Waals surface area (Å²) in [5.41, 5.74) is 2.48. The standard InChI is InChI=1S/C32H36O5/c1-5-32(3,31(35)36-4)22-27(21-23(2)25-12-16-28(33)17-13-25)26-14-18-29(19-15-26)37-30(34)20-11-24-9-7-6-8-10-24/h6-20,23,27,33H,5,21-22H2,1-4H3/b20-11+. The molecule has 0 aromatic heterocycles. The topological polar surface area (TPSA) is 72.8 Å². The van der Waals surface area contributed by atoms with Crippen molar-refractivity contribution >= 4 is 18.0 Å². The highest BCUT2D eigenvalue weighted by Crippen LogP contribution is 2.41. The number of carbonyl (C=O) groups excluding carboxylic acids is 2. The molecule has 0 radical (unpaired) electrons. The van der Waals surface area contributed by atoms with Crippen LogP contribution < -0.4 is 4.74 Å². The summed E-state index contributed by atoms with van der Waals surface area (Å²) in [6.45, 7) is 6.10. The third-order valence-corrected chi connectivity index (χ3v) is 7.04. The van der Waals surface area contributed by atoms with Gasteiger partial charge in [0.25, 0.3) is 0 Å². The Morgan fingerprint density at radius 2 is 1.57 bits per heavy atom. The van der Waals surface area contributed by atoms with E-state index in [1.165, 1.54) is 13.2 Å².